The van der Waals surface area contributed by atoms with Gasteiger partial charge in [0.2, 0.25) is 5.91 Å². The van der Waals surface area contributed by atoms with Crippen molar-refractivity contribution in [3.63, 3.8) is 0 Å². The van der Waals surface area contributed by atoms with Gasteiger partial charge in [0.25, 0.3) is 0 Å². The van der Waals surface area contributed by atoms with Gasteiger partial charge < -0.3 is 10.1 Å². The number of nitrogens with one attached hydrogen (secondary N) is 1. The van der Waals surface area contributed by atoms with E-state index in [9.17, 15) is 14.4 Å². The van der Waals surface area contributed by atoms with E-state index in [0.29, 0.717) is 43.2 Å². The minimum Gasteiger partial charge on any atom is -0.353 e. The number of hydrogen-bond donors (Lipinski definition) is 1. The van der Waals surface area contributed by atoms with Crippen LogP contribution in [-0.2, 0) is 20.8 Å². The zero-order valence-electron chi connectivity index (χ0n) is 24.4. The number of amides is 1. The van der Waals surface area contributed by atoms with Gasteiger partial charge in [0.1, 0.15) is 5.78 Å². The first-order valence-corrected chi connectivity index (χ1v) is 16.9. The predicted molar refractivity (Wildman–Crippen MR) is 167 cm³/mol. The standard InChI is InChI=1S/C32H45N3O3S2/c1-21(2)25-9-10-28-30(18-25)40-31(33-28)19-26(17-23(4)36)32(38)34-27(24-7-5-6-8-24)11-12-29(37)22(3)20-35-13-15-39-16-14-35/h9-10,18,21,24,26-27H,3,5-8,11-17,19-20H2,1-2,4H3,(H,34,38)/t26-,27+/m0/s1. The summed E-state index contributed by atoms with van der Waals surface area (Å²) in [4.78, 5) is 45.9. The van der Waals surface area contributed by atoms with Gasteiger partial charge in [0, 0.05) is 62.0 Å². The summed E-state index contributed by atoms with van der Waals surface area (Å²) in [5.41, 5.74) is 2.89. The lowest BCUT2D eigenvalue weighted by atomic mass is 9.90. The zero-order chi connectivity index (χ0) is 28.6. The third-order valence-corrected chi connectivity index (χ3v) is 10.3. The molecule has 2 atom stereocenters. The van der Waals surface area contributed by atoms with Crippen LogP contribution < -0.4 is 5.32 Å². The van der Waals surface area contributed by atoms with Crippen molar-refractivity contribution < 1.29 is 14.4 Å². The number of carbonyl (C=O) groups is 3. The lowest BCUT2D eigenvalue weighted by molar-refractivity contribution is -0.129. The number of aromatic nitrogens is 1. The fourth-order valence-corrected chi connectivity index (χ4v) is 7.99. The molecule has 0 bridgehead atoms. The Morgan fingerprint density at radius 2 is 1.88 bits per heavy atom. The number of rotatable bonds is 14. The Labute approximate surface area is 247 Å². The zero-order valence-corrected chi connectivity index (χ0v) is 26.0. The van der Waals surface area contributed by atoms with Crippen LogP contribution in [0.1, 0.15) is 82.2 Å². The Morgan fingerprint density at radius 1 is 1.15 bits per heavy atom. The summed E-state index contributed by atoms with van der Waals surface area (Å²) in [7, 11) is 0. The van der Waals surface area contributed by atoms with E-state index in [-0.39, 0.29) is 29.9 Å². The first-order valence-electron chi connectivity index (χ1n) is 14.9. The van der Waals surface area contributed by atoms with Gasteiger partial charge in [0.05, 0.1) is 21.1 Å². The van der Waals surface area contributed by atoms with Crippen LogP contribution in [0.4, 0.5) is 0 Å². The summed E-state index contributed by atoms with van der Waals surface area (Å²) >= 11 is 3.57. The first-order chi connectivity index (χ1) is 19.2. The largest absolute Gasteiger partial charge is 0.353 e. The quantitative estimate of drug-likeness (QED) is 0.267. The molecule has 6 nitrogen and oxygen atoms in total. The van der Waals surface area contributed by atoms with Crippen LogP contribution in [0.5, 0.6) is 0 Å². The van der Waals surface area contributed by atoms with Gasteiger partial charge in [-0.25, -0.2) is 4.98 Å². The monoisotopic (exact) mass is 583 g/mol. The second kappa shape index (κ2) is 14.7. The van der Waals surface area contributed by atoms with Crippen LogP contribution >= 0.6 is 23.1 Å². The Hall–Kier alpha value is -2.03. The van der Waals surface area contributed by atoms with E-state index in [1.165, 1.54) is 5.56 Å². The number of thiazole rings is 1. The lowest BCUT2D eigenvalue weighted by Gasteiger charge is -2.28. The molecule has 1 amide bonds. The summed E-state index contributed by atoms with van der Waals surface area (Å²) in [6.45, 7) is 12.6. The second-order valence-electron chi connectivity index (χ2n) is 11.9. The molecule has 2 aromatic rings. The molecular formula is C32H45N3O3S2. The van der Waals surface area contributed by atoms with E-state index in [0.717, 1.165) is 65.5 Å². The van der Waals surface area contributed by atoms with E-state index in [4.69, 9.17) is 4.98 Å². The highest BCUT2D eigenvalue weighted by Gasteiger charge is 2.31. The molecule has 4 rings (SSSR count). The minimum absolute atomic E-state index is 0.00311. The van der Waals surface area contributed by atoms with Gasteiger partial charge in [-0.05, 0) is 55.7 Å². The number of carbonyl (C=O) groups excluding carboxylic acids is 3. The van der Waals surface area contributed by atoms with E-state index in [1.807, 2.05) is 11.8 Å². The molecule has 0 spiro atoms. The van der Waals surface area contributed by atoms with Gasteiger partial charge in [-0.1, -0.05) is 39.3 Å². The molecule has 8 heteroatoms. The van der Waals surface area contributed by atoms with Crippen molar-refractivity contribution in [2.75, 3.05) is 31.1 Å². The fraction of sp³-hybridized carbons (Fsp3) is 0.625. The highest BCUT2D eigenvalue weighted by atomic mass is 32.2. The molecular weight excluding hydrogens is 539 g/mol. The minimum atomic E-state index is -0.464. The van der Waals surface area contributed by atoms with E-state index in [2.05, 4.69) is 48.8 Å². The molecule has 0 radical (unpaired) electrons. The van der Waals surface area contributed by atoms with Gasteiger partial charge in [0.15, 0.2) is 5.78 Å². The number of thioether (sulfide) groups is 1. The number of fused-ring (bicyclic) bond motifs is 1. The summed E-state index contributed by atoms with van der Waals surface area (Å²) < 4.78 is 1.12. The van der Waals surface area contributed by atoms with Crippen LogP contribution in [0.3, 0.4) is 0 Å². The average Bonchev–Trinajstić information content (AvgIpc) is 3.60. The molecule has 1 aromatic carbocycles. The smallest absolute Gasteiger partial charge is 0.224 e. The number of Topliss-reactive ketones (excluding diaryl/α,β-unsaturated/α-hetero) is 2. The van der Waals surface area contributed by atoms with Crippen LogP contribution in [0.2, 0.25) is 0 Å². The molecule has 2 heterocycles. The van der Waals surface area contributed by atoms with Crippen molar-refractivity contribution in [2.45, 2.75) is 84.1 Å². The van der Waals surface area contributed by atoms with Gasteiger partial charge in [-0.3, -0.25) is 14.5 Å². The van der Waals surface area contributed by atoms with Crippen LogP contribution in [-0.4, -0.2) is 64.5 Å². The van der Waals surface area contributed by atoms with Crippen molar-refractivity contribution in [1.29, 1.82) is 0 Å². The average molecular weight is 584 g/mol. The van der Waals surface area contributed by atoms with E-state index < -0.39 is 5.92 Å². The molecule has 218 valence electrons. The van der Waals surface area contributed by atoms with Crippen molar-refractivity contribution in [1.82, 2.24) is 15.2 Å². The first kappa shape index (κ1) is 30.9. The Kier molecular flexibility index (Phi) is 11.4. The maximum absolute atomic E-state index is 13.7. The number of ketones is 2. The topological polar surface area (TPSA) is 79.4 Å². The van der Waals surface area contributed by atoms with Crippen molar-refractivity contribution >= 4 is 50.8 Å². The van der Waals surface area contributed by atoms with Gasteiger partial charge >= 0.3 is 0 Å². The van der Waals surface area contributed by atoms with Crippen LogP contribution in [0.25, 0.3) is 10.2 Å². The molecule has 0 unspecified atom stereocenters. The predicted octanol–water partition coefficient (Wildman–Crippen LogP) is 6.19. The van der Waals surface area contributed by atoms with Gasteiger partial charge in [-0.15, -0.1) is 11.3 Å². The number of hydrogen-bond acceptors (Lipinski definition) is 7. The molecule has 1 N–H and O–H groups in total. The van der Waals surface area contributed by atoms with Crippen LogP contribution in [0, 0.1) is 11.8 Å². The van der Waals surface area contributed by atoms with E-state index in [1.54, 1.807) is 18.3 Å². The Balaban J connectivity index is 1.40. The Morgan fingerprint density at radius 3 is 2.55 bits per heavy atom. The maximum atomic E-state index is 13.7. The van der Waals surface area contributed by atoms with Crippen molar-refractivity contribution in [3.8, 4) is 0 Å². The molecule has 1 aliphatic carbocycles. The van der Waals surface area contributed by atoms with Crippen molar-refractivity contribution in [3.05, 3.63) is 40.9 Å². The SMILES string of the molecule is C=C(CN1CCSCC1)C(=O)CC[C@@H](NC(=O)[C@@H](CC(C)=O)Cc1nc2ccc(C(C)C)cc2s1)C1CCCC1. The second-order valence-corrected chi connectivity index (χ2v) is 14.3. The summed E-state index contributed by atoms with van der Waals surface area (Å²) in [6, 6.07) is 6.29. The molecule has 2 aliphatic rings. The maximum Gasteiger partial charge on any atom is 0.224 e. The number of benzene rings is 1. The normalized spacial score (nSPS) is 18.2. The highest BCUT2D eigenvalue weighted by molar-refractivity contribution is 7.99. The Bertz CT molecular complexity index is 1200. The molecule has 2 fully saturated rings. The molecule has 1 saturated carbocycles. The van der Waals surface area contributed by atoms with Crippen molar-refractivity contribution in [2.24, 2.45) is 11.8 Å². The molecule has 1 saturated heterocycles. The highest BCUT2D eigenvalue weighted by Crippen LogP contribution is 2.31. The van der Waals surface area contributed by atoms with E-state index >= 15 is 0 Å². The molecule has 1 aliphatic heterocycles. The third kappa shape index (κ3) is 8.73. The molecule has 40 heavy (non-hydrogen) atoms. The van der Waals surface area contributed by atoms with Gasteiger partial charge in [-0.2, -0.15) is 11.8 Å². The lowest BCUT2D eigenvalue weighted by Crippen LogP contribution is -2.44. The molecule has 1 aromatic heterocycles. The number of nitrogens with zero attached hydrogens (tertiary/aromatic N) is 2. The fourth-order valence-electron chi connectivity index (χ4n) is 5.92. The summed E-state index contributed by atoms with van der Waals surface area (Å²) in [5, 5.41) is 4.20. The third-order valence-electron chi connectivity index (χ3n) is 8.34. The van der Waals surface area contributed by atoms with Crippen LogP contribution in [0.15, 0.2) is 30.4 Å². The summed E-state index contributed by atoms with van der Waals surface area (Å²) in [6.07, 6.45) is 6.12. The summed E-state index contributed by atoms with van der Waals surface area (Å²) in [5.74, 6) is 2.57.